The van der Waals surface area contributed by atoms with Crippen LogP contribution in [0.3, 0.4) is 0 Å². The van der Waals surface area contributed by atoms with Crippen LogP contribution in [-0.2, 0) is 4.79 Å². The van der Waals surface area contributed by atoms with E-state index in [4.69, 9.17) is 5.26 Å². The van der Waals surface area contributed by atoms with Gasteiger partial charge < -0.3 is 5.32 Å². The van der Waals surface area contributed by atoms with Gasteiger partial charge in [0.05, 0.1) is 12.6 Å². The molecule has 1 fully saturated rings. The minimum absolute atomic E-state index is 0.0218. The summed E-state index contributed by atoms with van der Waals surface area (Å²) in [5.41, 5.74) is 0.779. The third-order valence-electron chi connectivity index (χ3n) is 3.57. The number of carbonyl (C=O) groups excluding carboxylic acids is 1. The van der Waals surface area contributed by atoms with Crippen molar-refractivity contribution >= 4 is 11.6 Å². The predicted molar refractivity (Wildman–Crippen MR) is 78.3 cm³/mol. The summed E-state index contributed by atoms with van der Waals surface area (Å²) in [6.07, 6.45) is 0. The highest BCUT2D eigenvalue weighted by Crippen LogP contribution is 2.14. The number of piperazine rings is 1. The maximum Gasteiger partial charge on any atom is 0.242 e. The zero-order valence-electron chi connectivity index (χ0n) is 11.7. The van der Waals surface area contributed by atoms with Gasteiger partial charge in [0.25, 0.3) is 0 Å². The van der Waals surface area contributed by atoms with Gasteiger partial charge in [-0.2, -0.15) is 5.26 Å². The van der Waals surface area contributed by atoms with Crippen LogP contribution in [0.5, 0.6) is 0 Å². The van der Waals surface area contributed by atoms with Crippen molar-refractivity contribution < 1.29 is 4.79 Å². The zero-order valence-corrected chi connectivity index (χ0v) is 11.7. The molecule has 0 aliphatic carbocycles. The highest BCUT2D eigenvalue weighted by molar-refractivity contribution is 5.95. The van der Waals surface area contributed by atoms with E-state index in [2.05, 4.69) is 23.2 Å². The van der Waals surface area contributed by atoms with Crippen LogP contribution in [0, 0.1) is 11.3 Å². The third-order valence-corrected chi connectivity index (χ3v) is 3.57. The Bertz CT molecular complexity index is 482. The molecule has 1 aliphatic rings. The van der Waals surface area contributed by atoms with Crippen molar-refractivity contribution in [3.63, 3.8) is 0 Å². The predicted octanol–water partition coefficient (Wildman–Crippen LogP) is 0.837. The van der Waals surface area contributed by atoms with Gasteiger partial charge in [-0.15, -0.1) is 0 Å². The number of benzene rings is 1. The number of hydrogen-bond donors (Lipinski definition) is 1. The summed E-state index contributed by atoms with van der Waals surface area (Å²) in [5, 5.41) is 12.2. The minimum Gasteiger partial charge on any atom is -0.314 e. The molecule has 20 heavy (non-hydrogen) atoms. The van der Waals surface area contributed by atoms with Gasteiger partial charge in [0.1, 0.15) is 6.54 Å². The van der Waals surface area contributed by atoms with Gasteiger partial charge in [0.2, 0.25) is 5.91 Å². The zero-order chi connectivity index (χ0) is 14.4. The molecule has 1 aromatic rings. The molecule has 106 valence electrons. The second-order valence-electron chi connectivity index (χ2n) is 5.00. The van der Waals surface area contributed by atoms with Gasteiger partial charge in [0.15, 0.2) is 0 Å². The lowest BCUT2D eigenvalue weighted by Gasteiger charge is -2.34. The first-order valence-electron chi connectivity index (χ1n) is 6.89. The summed E-state index contributed by atoms with van der Waals surface area (Å²) in [7, 11) is 0. The summed E-state index contributed by atoms with van der Waals surface area (Å²) in [6.45, 7) is 5.22. The number of rotatable bonds is 4. The maximum atomic E-state index is 12.5. The van der Waals surface area contributed by atoms with Crippen LogP contribution in [0.25, 0.3) is 0 Å². The van der Waals surface area contributed by atoms with Gasteiger partial charge in [-0.3, -0.25) is 14.6 Å². The molecule has 5 heteroatoms. The standard InChI is InChI=1S/C15H20N4O/c1-13-11-17-8-10-18(13)12-15(20)19(9-7-16)14-5-3-2-4-6-14/h2-6,13,17H,8-12H2,1H3/t13-/m1/s1. The van der Waals surface area contributed by atoms with Gasteiger partial charge in [-0.1, -0.05) is 18.2 Å². The van der Waals surface area contributed by atoms with Crippen LogP contribution in [0.15, 0.2) is 30.3 Å². The van der Waals surface area contributed by atoms with Gasteiger partial charge in [0, 0.05) is 31.4 Å². The summed E-state index contributed by atoms with van der Waals surface area (Å²) in [4.78, 5) is 16.2. The normalized spacial score (nSPS) is 19.3. The fourth-order valence-electron chi connectivity index (χ4n) is 2.38. The van der Waals surface area contributed by atoms with Gasteiger partial charge in [-0.05, 0) is 19.1 Å². The summed E-state index contributed by atoms with van der Waals surface area (Å²) in [6, 6.07) is 11.8. The van der Waals surface area contributed by atoms with E-state index in [0.29, 0.717) is 12.6 Å². The first-order valence-corrected chi connectivity index (χ1v) is 6.89. The van der Waals surface area contributed by atoms with Crippen LogP contribution in [-0.4, -0.2) is 49.6 Å². The molecule has 1 amide bonds. The number of nitriles is 1. The Kier molecular flexibility index (Phi) is 5.10. The molecule has 0 saturated carbocycles. The fourth-order valence-corrected chi connectivity index (χ4v) is 2.38. The molecule has 0 bridgehead atoms. The second kappa shape index (κ2) is 7.04. The smallest absolute Gasteiger partial charge is 0.242 e. The quantitative estimate of drug-likeness (QED) is 0.825. The van der Waals surface area contributed by atoms with E-state index in [0.717, 1.165) is 25.3 Å². The van der Waals surface area contributed by atoms with Crippen molar-refractivity contribution in [1.29, 1.82) is 5.26 Å². The van der Waals surface area contributed by atoms with Crippen molar-refractivity contribution in [3.05, 3.63) is 30.3 Å². The Morgan fingerprint density at radius 3 is 2.90 bits per heavy atom. The van der Waals surface area contributed by atoms with E-state index in [-0.39, 0.29) is 12.5 Å². The molecule has 1 atom stereocenters. The maximum absolute atomic E-state index is 12.5. The van der Waals surface area contributed by atoms with Crippen molar-refractivity contribution in [3.8, 4) is 6.07 Å². The average molecular weight is 272 g/mol. The molecular weight excluding hydrogens is 252 g/mol. The molecule has 1 aliphatic heterocycles. The van der Waals surface area contributed by atoms with E-state index < -0.39 is 0 Å². The fraction of sp³-hybridized carbons (Fsp3) is 0.467. The Morgan fingerprint density at radius 1 is 1.50 bits per heavy atom. The van der Waals surface area contributed by atoms with E-state index >= 15 is 0 Å². The Labute approximate surface area is 119 Å². The van der Waals surface area contributed by atoms with Gasteiger partial charge in [-0.25, -0.2) is 0 Å². The molecule has 0 radical (unpaired) electrons. The number of anilines is 1. The first kappa shape index (κ1) is 14.5. The Morgan fingerprint density at radius 2 is 2.25 bits per heavy atom. The van der Waals surface area contributed by atoms with Gasteiger partial charge >= 0.3 is 0 Å². The highest BCUT2D eigenvalue weighted by atomic mass is 16.2. The molecule has 0 aromatic heterocycles. The topological polar surface area (TPSA) is 59.4 Å². The van der Waals surface area contributed by atoms with Crippen molar-refractivity contribution in [2.45, 2.75) is 13.0 Å². The van der Waals surface area contributed by atoms with Crippen LogP contribution in [0.2, 0.25) is 0 Å². The lowest BCUT2D eigenvalue weighted by molar-refractivity contribution is -0.120. The molecule has 0 unspecified atom stereocenters. The lowest BCUT2D eigenvalue weighted by atomic mass is 10.2. The molecule has 2 rings (SSSR count). The van der Waals surface area contributed by atoms with Crippen LogP contribution >= 0.6 is 0 Å². The molecule has 1 heterocycles. The van der Waals surface area contributed by atoms with Crippen LogP contribution in [0.4, 0.5) is 5.69 Å². The third kappa shape index (κ3) is 3.56. The molecule has 0 spiro atoms. The van der Waals surface area contributed by atoms with Crippen molar-refractivity contribution in [2.75, 3.05) is 37.6 Å². The number of amides is 1. The van der Waals surface area contributed by atoms with Crippen molar-refractivity contribution in [2.24, 2.45) is 0 Å². The number of para-hydroxylation sites is 1. The number of nitrogens with one attached hydrogen (secondary N) is 1. The highest BCUT2D eigenvalue weighted by Gasteiger charge is 2.23. The molecule has 1 saturated heterocycles. The number of carbonyl (C=O) groups is 1. The van der Waals surface area contributed by atoms with E-state index in [1.807, 2.05) is 30.3 Å². The summed E-state index contributed by atoms with van der Waals surface area (Å²) in [5.74, 6) is -0.0218. The van der Waals surface area contributed by atoms with Crippen LogP contribution in [0.1, 0.15) is 6.92 Å². The largest absolute Gasteiger partial charge is 0.314 e. The van der Waals surface area contributed by atoms with E-state index in [1.165, 1.54) is 0 Å². The second-order valence-corrected chi connectivity index (χ2v) is 5.00. The summed E-state index contributed by atoms with van der Waals surface area (Å²) >= 11 is 0. The molecular formula is C15H20N4O. The monoisotopic (exact) mass is 272 g/mol. The molecule has 5 nitrogen and oxygen atoms in total. The number of hydrogen-bond acceptors (Lipinski definition) is 4. The Hall–Kier alpha value is -1.90. The average Bonchev–Trinajstić information content (AvgIpc) is 2.48. The van der Waals surface area contributed by atoms with Crippen LogP contribution < -0.4 is 10.2 Å². The lowest BCUT2D eigenvalue weighted by Crippen LogP contribution is -2.53. The minimum atomic E-state index is -0.0218. The van der Waals surface area contributed by atoms with Crippen molar-refractivity contribution in [1.82, 2.24) is 10.2 Å². The summed E-state index contributed by atoms with van der Waals surface area (Å²) < 4.78 is 0. The van der Waals surface area contributed by atoms with E-state index in [1.54, 1.807) is 4.90 Å². The molecule has 1 N–H and O–H groups in total. The van der Waals surface area contributed by atoms with E-state index in [9.17, 15) is 4.79 Å². The SMILES string of the molecule is C[C@@H]1CNCCN1CC(=O)N(CC#N)c1ccccc1. The first-order chi connectivity index (χ1) is 9.72. The molecule has 1 aromatic carbocycles. The Balaban J connectivity index is 2.06. The number of nitrogens with zero attached hydrogens (tertiary/aromatic N) is 3.